The molecule has 52 valence electrons. The van der Waals surface area contributed by atoms with E-state index in [0.29, 0.717) is 12.0 Å². The lowest BCUT2D eigenvalue weighted by Crippen LogP contribution is -1.97. The number of carbonyl (C=O) groups excluding carboxylic acids is 1. The topological polar surface area (TPSA) is 37.3 Å². The fourth-order valence-corrected chi connectivity index (χ4v) is 0.496. The van der Waals surface area contributed by atoms with Crippen molar-refractivity contribution in [2.24, 2.45) is 0 Å². The SMILES string of the molecule is CCCC(=O)/C(C)=C/O. The average molecular weight is 128 g/mol. The Labute approximate surface area is 55.2 Å². The van der Waals surface area contributed by atoms with Crippen LogP contribution in [0.25, 0.3) is 0 Å². The fraction of sp³-hybridized carbons (Fsp3) is 0.571. The van der Waals surface area contributed by atoms with Crippen LogP contribution in [0, 0.1) is 0 Å². The van der Waals surface area contributed by atoms with Crippen LogP contribution >= 0.6 is 0 Å². The van der Waals surface area contributed by atoms with Gasteiger partial charge in [0.1, 0.15) is 0 Å². The van der Waals surface area contributed by atoms with Crippen LogP contribution in [0.2, 0.25) is 0 Å². The minimum Gasteiger partial charge on any atom is -0.515 e. The molecule has 0 aromatic heterocycles. The minimum atomic E-state index is 0.0278. The summed E-state index contributed by atoms with van der Waals surface area (Å²) < 4.78 is 0. The number of rotatable bonds is 3. The van der Waals surface area contributed by atoms with E-state index >= 15 is 0 Å². The molecule has 0 aliphatic rings. The summed E-state index contributed by atoms with van der Waals surface area (Å²) in [5, 5.41) is 8.35. The summed E-state index contributed by atoms with van der Waals surface area (Å²) in [6.45, 7) is 3.54. The number of carbonyl (C=O) groups is 1. The van der Waals surface area contributed by atoms with E-state index in [4.69, 9.17) is 5.11 Å². The van der Waals surface area contributed by atoms with Crippen LogP contribution in [0.4, 0.5) is 0 Å². The normalized spacial score (nSPS) is 11.6. The van der Waals surface area contributed by atoms with Gasteiger partial charge in [0.05, 0.1) is 6.26 Å². The van der Waals surface area contributed by atoms with Gasteiger partial charge in [-0.1, -0.05) is 6.92 Å². The van der Waals surface area contributed by atoms with Crippen LogP contribution in [-0.4, -0.2) is 10.9 Å². The largest absolute Gasteiger partial charge is 0.515 e. The molecule has 0 heterocycles. The van der Waals surface area contributed by atoms with Crippen molar-refractivity contribution >= 4 is 5.78 Å². The first-order valence-electron chi connectivity index (χ1n) is 3.06. The second-order valence-corrected chi connectivity index (χ2v) is 1.99. The highest BCUT2D eigenvalue weighted by molar-refractivity contribution is 5.94. The summed E-state index contributed by atoms with van der Waals surface area (Å²) in [7, 11) is 0. The summed E-state index contributed by atoms with van der Waals surface area (Å²) in [5.41, 5.74) is 0.442. The molecule has 0 spiro atoms. The molecular formula is C7H12O2. The van der Waals surface area contributed by atoms with Crippen molar-refractivity contribution < 1.29 is 9.90 Å². The van der Waals surface area contributed by atoms with Gasteiger partial charge < -0.3 is 5.11 Å². The molecule has 0 rings (SSSR count). The first-order chi connectivity index (χ1) is 4.22. The van der Waals surface area contributed by atoms with E-state index in [1.54, 1.807) is 6.92 Å². The van der Waals surface area contributed by atoms with Crippen LogP contribution in [0.3, 0.4) is 0 Å². The summed E-state index contributed by atoms with van der Waals surface area (Å²) in [6.07, 6.45) is 2.23. The maximum Gasteiger partial charge on any atom is 0.161 e. The molecule has 0 amide bonds. The summed E-state index contributed by atoms with van der Waals surface area (Å²) >= 11 is 0. The molecule has 0 radical (unpaired) electrons. The minimum absolute atomic E-state index is 0.0278. The number of aliphatic hydroxyl groups excluding tert-OH is 1. The van der Waals surface area contributed by atoms with Gasteiger partial charge in [-0.25, -0.2) is 0 Å². The lowest BCUT2D eigenvalue weighted by molar-refractivity contribution is -0.115. The zero-order valence-electron chi connectivity index (χ0n) is 5.85. The number of ketones is 1. The third-order valence-corrected chi connectivity index (χ3v) is 1.11. The molecule has 0 aliphatic heterocycles. The van der Waals surface area contributed by atoms with Crippen molar-refractivity contribution in [2.45, 2.75) is 26.7 Å². The zero-order valence-corrected chi connectivity index (χ0v) is 5.85. The van der Waals surface area contributed by atoms with E-state index in [1.807, 2.05) is 6.92 Å². The third-order valence-electron chi connectivity index (χ3n) is 1.11. The number of Topliss-reactive ketones (excluding diaryl/α,β-unsaturated/α-hetero) is 1. The van der Waals surface area contributed by atoms with Crippen molar-refractivity contribution in [1.82, 2.24) is 0 Å². The van der Waals surface area contributed by atoms with Crippen molar-refractivity contribution in [3.8, 4) is 0 Å². The highest BCUT2D eigenvalue weighted by Crippen LogP contribution is 1.99. The Kier molecular flexibility index (Phi) is 3.76. The molecule has 0 aromatic carbocycles. The Hall–Kier alpha value is -0.790. The monoisotopic (exact) mass is 128 g/mol. The average Bonchev–Trinajstić information content (AvgIpc) is 1.87. The second kappa shape index (κ2) is 4.13. The van der Waals surface area contributed by atoms with Gasteiger partial charge in [0.15, 0.2) is 5.78 Å². The van der Waals surface area contributed by atoms with Gasteiger partial charge >= 0.3 is 0 Å². The van der Waals surface area contributed by atoms with Crippen LogP contribution in [0.5, 0.6) is 0 Å². The van der Waals surface area contributed by atoms with Gasteiger partial charge in [0, 0.05) is 12.0 Å². The predicted octanol–water partition coefficient (Wildman–Crippen LogP) is 1.82. The summed E-state index contributed by atoms with van der Waals surface area (Å²) in [6, 6.07) is 0. The Balaban J connectivity index is 3.74. The van der Waals surface area contributed by atoms with Gasteiger partial charge in [0.25, 0.3) is 0 Å². The van der Waals surface area contributed by atoms with Crippen LogP contribution < -0.4 is 0 Å². The van der Waals surface area contributed by atoms with Gasteiger partial charge in [-0.3, -0.25) is 4.79 Å². The lowest BCUT2D eigenvalue weighted by Gasteiger charge is -1.93. The van der Waals surface area contributed by atoms with Crippen molar-refractivity contribution in [3.05, 3.63) is 11.8 Å². The maximum absolute atomic E-state index is 10.7. The molecule has 0 atom stereocenters. The highest BCUT2D eigenvalue weighted by atomic mass is 16.2. The van der Waals surface area contributed by atoms with Crippen LogP contribution in [0.15, 0.2) is 11.8 Å². The molecule has 9 heavy (non-hydrogen) atoms. The number of hydrogen-bond donors (Lipinski definition) is 1. The Morgan fingerprint density at radius 2 is 2.22 bits per heavy atom. The fourth-order valence-electron chi connectivity index (χ4n) is 0.496. The lowest BCUT2D eigenvalue weighted by atomic mass is 10.1. The van der Waals surface area contributed by atoms with Crippen LogP contribution in [0.1, 0.15) is 26.7 Å². The molecule has 0 bridgehead atoms. The van der Waals surface area contributed by atoms with Crippen molar-refractivity contribution in [2.75, 3.05) is 0 Å². The Bertz CT molecular complexity index is 125. The van der Waals surface area contributed by atoms with E-state index in [-0.39, 0.29) is 5.78 Å². The van der Waals surface area contributed by atoms with Gasteiger partial charge in [0.2, 0.25) is 0 Å². The molecule has 0 saturated carbocycles. The molecule has 2 nitrogen and oxygen atoms in total. The molecule has 1 N–H and O–H groups in total. The first kappa shape index (κ1) is 8.21. The third kappa shape index (κ3) is 2.90. The zero-order chi connectivity index (χ0) is 7.28. The van der Waals surface area contributed by atoms with E-state index in [0.717, 1.165) is 12.7 Å². The Morgan fingerprint density at radius 1 is 1.67 bits per heavy atom. The summed E-state index contributed by atoms with van der Waals surface area (Å²) in [4.78, 5) is 10.7. The van der Waals surface area contributed by atoms with Gasteiger partial charge in [-0.05, 0) is 13.3 Å². The number of allylic oxidation sites excluding steroid dienone is 1. The predicted molar refractivity (Wildman–Crippen MR) is 36.3 cm³/mol. The van der Waals surface area contributed by atoms with E-state index < -0.39 is 0 Å². The molecule has 0 fully saturated rings. The van der Waals surface area contributed by atoms with E-state index in [2.05, 4.69) is 0 Å². The number of hydrogen-bond acceptors (Lipinski definition) is 2. The van der Waals surface area contributed by atoms with Crippen LogP contribution in [-0.2, 0) is 4.79 Å². The molecular weight excluding hydrogens is 116 g/mol. The van der Waals surface area contributed by atoms with E-state index in [1.165, 1.54) is 0 Å². The molecule has 2 heteroatoms. The second-order valence-electron chi connectivity index (χ2n) is 1.99. The van der Waals surface area contributed by atoms with Gasteiger partial charge in [-0.15, -0.1) is 0 Å². The summed E-state index contributed by atoms with van der Waals surface area (Å²) in [5.74, 6) is 0.0278. The highest BCUT2D eigenvalue weighted by Gasteiger charge is 2.00. The van der Waals surface area contributed by atoms with Crippen molar-refractivity contribution in [3.63, 3.8) is 0 Å². The molecule has 0 unspecified atom stereocenters. The van der Waals surface area contributed by atoms with Gasteiger partial charge in [-0.2, -0.15) is 0 Å². The maximum atomic E-state index is 10.7. The molecule has 0 aromatic rings. The smallest absolute Gasteiger partial charge is 0.161 e. The first-order valence-corrected chi connectivity index (χ1v) is 3.06. The molecule has 0 saturated heterocycles. The van der Waals surface area contributed by atoms with E-state index in [9.17, 15) is 4.79 Å². The van der Waals surface area contributed by atoms with Crippen molar-refractivity contribution in [1.29, 1.82) is 0 Å². The standard InChI is InChI=1S/C7H12O2/c1-3-4-7(9)6(2)5-8/h5,8H,3-4H2,1-2H3/b6-5+. The quantitative estimate of drug-likeness (QED) is 0.465. The molecule has 0 aliphatic carbocycles. The number of aliphatic hydroxyl groups is 1. The Morgan fingerprint density at radius 3 is 2.56 bits per heavy atom.